The minimum Gasteiger partial charge on any atom is -0.303 e. The van der Waals surface area contributed by atoms with Crippen LogP contribution in [0.1, 0.15) is 31.2 Å². The highest BCUT2D eigenvalue weighted by Crippen LogP contribution is 2.22. The quantitative estimate of drug-likeness (QED) is 0.876. The first kappa shape index (κ1) is 17.9. The molecule has 5 nitrogen and oxygen atoms in total. The van der Waals surface area contributed by atoms with Crippen molar-refractivity contribution in [3.8, 4) is 0 Å². The van der Waals surface area contributed by atoms with Crippen molar-refractivity contribution in [3.05, 3.63) is 35.9 Å². The normalized spacial score (nSPS) is 25.0. The summed E-state index contributed by atoms with van der Waals surface area (Å²) in [6, 6.07) is 10.7. The van der Waals surface area contributed by atoms with Crippen molar-refractivity contribution in [2.45, 2.75) is 37.5 Å². The van der Waals surface area contributed by atoms with Gasteiger partial charge in [0, 0.05) is 19.6 Å². The van der Waals surface area contributed by atoms with Crippen LogP contribution < -0.4 is 5.14 Å². The molecule has 0 saturated carbocycles. The Hall–Kier alpha value is -0.950. The molecule has 2 aliphatic heterocycles. The lowest BCUT2D eigenvalue weighted by Gasteiger charge is -2.38. The summed E-state index contributed by atoms with van der Waals surface area (Å²) in [6.07, 6.45) is 3.89. The van der Waals surface area contributed by atoms with Gasteiger partial charge in [-0.25, -0.2) is 13.6 Å². The average Bonchev–Trinajstić information content (AvgIpc) is 2.56. The zero-order valence-electron chi connectivity index (χ0n) is 14.3. The zero-order valence-corrected chi connectivity index (χ0v) is 15.1. The molecule has 2 heterocycles. The standard InChI is InChI=1S/C18H29N3O2S/c19-24(22,23)18-8-11-20(12-9-18)14-17-7-4-10-21(15-17)13-16-5-2-1-3-6-16/h1-3,5-6,17-18H,4,7-15H2,(H2,19,22,23). The van der Waals surface area contributed by atoms with E-state index in [0.29, 0.717) is 18.8 Å². The Morgan fingerprint density at radius 1 is 1.00 bits per heavy atom. The van der Waals surface area contributed by atoms with E-state index in [1.54, 1.807) is 0 Å². The molecule has 3 rings (SSSR count). The van der Waals surface area contributed by atoms with Gasteiger partial charge in [0.1, 0.15) is 0 Å². The fraction of sp³-hybridized carbons (Fsp3) is 0.667. The maximum absolute atomic E-state index is 11.5. The summed E-state index contributed by atoms with van der Waals surface area (Å²) in [7, 11) is -3.36. The molecule has 0 amide bonds. The maximum Gasteiger partial charge on any atom is 0.212 e. The second-order valence-corrected chi connectivity index (χ2v) is 9.16. The molecule has 6 heteroatoms. The van der Waals surface area contributed by atoms with E-state index in [-0.39, 0.29) is 5.25 Å². The smallest absolute Gasteiger partial charge is 0.212 e. The number of piperidine rings is 2. The van der Waals surface area contributed by atoms with Gasteiger partial charge in [-0.05, 0) is 56.8 Å². The first-order valence-corrected chi connectivity index (χ1v) is 10.6. The molecule has 1 unspecified atom stereocenters. The summed E-state index contributed by atoms with van der Waals surface area (Å²) in [5.41, 5.74) is 1.38. The molecular formula is C18H29N3O2S. The topological polar surface area (TPSA) is 66.6 Å². The Bertz CT molecular complexity index is 612. The fourth-order valence-corrected chi connectivity index (χ4v) is 4.94. The molecule has 1 atom stereocenters. The van der Waals surface area contributed by atoms with Gasteiger partial charge in [0.25, 0.3) is 0 Å². The van der Waals surface area contributed by atoms with Crippen LogP contribution >= 0.6 is 0 Å². The van der Waals surface area contributed by atoms with Crippen molar-refractivity contribution in [1.82, 2.24) is 9.80 Å². The molecule has 2 aliphatic rings. The van der Waals surface area contributed by atoms with E-state index in [1.165, 1.54) is 24.9 Å². The van der Waals surface area contributed by atoms with Gasteiger partial charge < -0.3 is 4.90 Å². The van der Waals surface area contributed by atoms with Gasteiger partial charge in [-0.2, -0.15) is 0 Å². The second kappa shape index (κ2) is 7.95. The molecule has 0 bridgehead atoms. The van der Waals surface area contributed by atoms with E-state index in [4.69, 9.17) is 5.14 Å². The Balaban J connectivity index is 1.46. The Morgan fingerprint density at radius 2 is 1.71 bits per heavy atom. The number of likely N-dealkylation sites (tertiary alicyclic amines) is 2. The van der Waals surface area contributed by atoms with Gasteiger partial charge in [-0.1, -0.05) is 30.3 Å². The van der Waals surface area contributed by atoms with Crippen LogP contribution in [0.3, 0.4) is 0 Å². The van der Waals surface area contributed by atoms with Crippen LogP contribution in [-0.2, 0) is 16.6 Å². The number of primary sulfonamides is 1. The molecule has 2 saturated heterocycles. The third kappa shape index (κ3) is 5.02. The van der Waals surface area contributed by atoms with E-state index in [2.05, 4.69) is 40.1 Å². The molecule has 0 spiro atoms. The summed E-state index contributed by atoms with van der Waals surface area (Å²) in [6.45, 7) is 6.16. The minimum absolute atomic E-state index is 0.338. The first-order valence-electron chi connectivity index (χ1n) is 9.01. The molecule has 24 heavy (non-hydrogen) atoms. The van der Waals surface area contributed by atoms with E-state index < -0.39 is 10.0 Å². The second-order valence-electron chi connectivity index (χ2n) is 7.32. The molecule has 134 valence electrons. The third-order valence-corrected chi connectivity index (χ3v) is 6.77. The monoisotopic (exact) mass is 351 g/mol. The molecule has 0 radical (unpaired) electrons. The van der Waals surface area contributed by atoms with Gasteiger partial charge >= 0.3 is 0 Å². The largest absolute Gasteiger partial charge is 0.303 e. The average molecular weight is 352 g/mol. The van der Waals surface area contributed by atoms with Crippen LogP contribution in [0, 0.1) is 5.92 Å². The summed E-state index contributed by atoms with van der Waals surface area (Å²) in [5.74, 6) is 0.688. The van der Waals surface area contributed by atoms with Crippen LogP contribution in [0.15, 0.2) is 30.3 Å². The van der Waals surface area contributed by atoms with Crippen LogP contribution in [0.5, 0.6) is 0 Å². The summed E-state index contributed by atoms with van der Waals surface area (Å²) < 4.78 is 22.9. The molecule has 1 aromatic carbocycles. The van der Waals surface area contributed by atoms with Gasteiger partial charge in [-0.15, -0.1) is 0 Å². The summed E-state index contributed by atoms with van der Waals surface area (Å²) in [5, 5.41) is 4.94. The maximum atomic E-state index is 11.5. The Morgan fingerprint density at radius 3 is 2.38 bits per heavy atom. The lowest BCUT2D eigenvalue weighted by Crippen LogP contribution is -2.46. The number of sulfonamides is 1. The number of hydrogen-bond donors (Lipinski definition) is 1. The van der Waals surface area contributed by atoms with Gasteiger partial charge in [0.15, 0.2) is 0 Å². The summed E-state index contributed by atoms with van der Waals surface area (Å²) >= 11 is 0. The molecule has 2 N–H and O–H groups in total. The van der Waals surface area contributed by atoms with Crippen molar-refractivity contribution in [3.63, 3.8) is 0 Å². The predicted octanol–water partition coefficient (Wildman–Crippen LogP) is 1.65. The zero-order chi connectivity index (χ0) is 17.0. The lowest BCUT2D eigenvalue weighted by atomic mass is 9.96. The van der Waals surface area contributed by atoms with Crippen molar-refractivity contribution in [2.75, 3.05) is 32.7 Å². The number of rotatable bonds is 5. The van der Waals surface area contributed by atoms with E-state index in [1.807, 2.05) is 0 Å². The number of benzene rings is 1. The third-order valence-electron chi connectivity index (χ3n) is 5.37. The highest BCUT2D eigenvalue weighted by atomic mass is 32.2. The van der Waals surface area contributed by atoms with Crippen LogP contribution in [0.25, 0.3) is 0 Å². The van der Waals surface area contributed by atoms with Crippen LogP contribution in [0.2, 0.25) is 0 Å². The number of nitrogens with zero attached hydrogens (tertiary/aromatic N) is 2. The lowest BCUT2D eigenvalue weighted by molar-refractivity contribution is 0.118. The van der Waals surface area contributed by atoms with Gasteiger partial charge in [0.05, 0.1) is 5.25 Å². The van der Waals surface area contributed by atoms with Crippen molar-refractivity contribution >= 4 is 10.0 Å². The van der Waals surface area contributed by atoms with Crippen LogP contribution in [-0.4, -0.2) is 56.2 Å². The van der Waals surface area contributed by atoms with Crippen molar-refractivity contribution in [2.24, 2.45) is 11.1 Å². The Kier molecular flexibility index (Phi) is 5.92. The fourth-order valence-electron chi connectivity index (χ4n) is 4.07. The molecular weight excluding hydrogens is 322 g/mol. The van der Waals surface area contributed by atoms with Gasteiger partial charge in [0.2, 0.25) is 10.0 Å². The minimum atomic E-state index is -3.36. The van der Waals surface area contributed by atoms with Crippen LogP contribution in [0.4, 0.5) is 0 Å². The SMILES string of the molecule is NS(=O)(=O)C1CCN(CC2CCCN(Cc3ccccc3)C2)CC1. The predicted molar refractivity (Wildman–Crippen MR) is 97.0 cm³/mol. The van der Waals surface area contributed by atoms with E-state index in [9.17, 15) is 8.42 Å². The van der Waals surface area contributed by atoms with Crippen molar-refractivity contribution < 1.29 is 8.42 Å². The Labute approximate surface area is 145 Å². The van der Waals surface area contributed by atoms with E-state index >= 15 is 0 Å². The molecule has 0 aliphatic carbocycles. The van der Waals surface area contributed by atoms with Gasteiger partial charge in [-0.3, -0.25) is 4.90 Å². The first-order chi connectivity index (χ1) is 11.5. The molecule has 1 aromatic rings. The highest BCUT2D eigenvalue weighted by Gasteiger charge is 2.29. The number of hydrogen-bond acceptors (Lipinski definition) is 4. The van der Waals surface area contributed by atoms with Crippen molar-refractivity contribution in [1.29, 1.82) is 0 Å². The molecule has 2 fully saturated rings. The molecule has 0 aromatic heterocycles. The number of nitrogens with two attached hydrogens (primary N) is 1. The van der Waals surface area contributed by atoms with E-state index in [0.717, 1.165) is 32.7 Å². The summed E-state index contributed by atoms with van der Waals surface area (Å²) in [4.78, 5) is 4.99. The highest BCUT2D eigenvalue weighted by molar-refractivity contribution is 7.89.